The van der Waals surface area contributed by atoms with Crippen molar-refractivity contribution in [3.63, 3.8) is 0 Å². The second kappa shape index (κ2) is 8.50. The molecule has 0 bridgehead atoms. The first-order chi connectivity index (χ1) is 7.52. The van der Waals surface area contributed by atoms with E-state index in [4.69, 9.17) is 15.2 Å². The molecule has 0 aromatic rings. The van der Waals surface area contributed by atoms with Crippen molar-refractivity contribution >= 4 is 5.91 Å². The van der Waals surface area contributed by atoms with Gasteiger partial charge in [0.15, 0.2) is 0 Å². The van der Waals surface area contributed by atoms with E-state index in [-0.39, 0.29) is 12.5 Å². The number of rotatable bonds is 8. The number of carbonyl (C=O) groups is 1. The van der Waals surface area contributed by atoms with Crippen LogP contribution in [0.25, 0.3) is 0 Å². The molecular formula is C11H24N2O3. The molecule has 0 heterocycles. The first-order valence-corrected chi connectivity index (χ1v) is 5.55. The fourth-order valence-corrected chi connectivity index (χ4v) is 1.42. The third kappa shape index (κ3) is 6.05. The van der Waals surface area contributed by atoms with Gasteiger partial charge in [-0.25, -0.2) is 0 Å². The number of ether oxygens (including phenoxy) is 2. The van der Waals surface area contributed by atoms with Crippen LogP contribution in [-0.4, -0.2) is 57.4 Å². The van der Waals surface area contributed by atoms with Crippen molar-refractivity contribution in [2.75, 3.05) is 40.5 Å². The van der Waals surface area contributed by atoms with E-state index in [2.05, 4.69) is 13.8 Å². The van der Waals surface area contributed by atoms with E-state index >= 15 is 0 Å². The Morgan fingerprint density at radius 2 is 1.94 bits per heavy atom. The fraction of sp³-hybridized carbons (Fsp3) is 0.909. The van der Waals surface area contributed by atoms with Gasteiger partial charge in [0.25, 0.3) is 0 Å². The maximum Gasteiger partial charge on any atom is 0.241 e. The molecule has 0 aromatic heterocycles. The van der Waals surface area contributed by atoms with E-state index in [9.17, 15) is 4.79 Å². The number of hydrogen-bond donors (Lipinski definition) is 1. The molecule has 0 aliphatic rings. The lowest BCUT2D eigenvalue weighted by Crippen LogP contribution is -2.48. The monoisotopic (exact) mass is 232 g/mol. The van der Waals surface area contributed by atoms with E-state index < -0.39 is 6.04 Å². The molecule has 16 heavy (non-hydrogen) atoms. The van der Waals surface area contributed by atoms with Gasteiger partial charge < -0.3 is 20.1 Å². The number of nitrogens with two attached hydrogens (primary N) is 1. The number of nitrogens with zero attached hydrogens (tertiary/aromatic N) is 1. The summed E-state index contributed by atoms with van der Waals surface area (Å²) in [7, 11) is 3.15. The molecular weight excluding hydrogens is 208 g/mol. The molecule has 96 valence electrons. The highest BCUT2D eigenvalue weighted by Crippen LogP contribution is 2.01. The Labute approximate surface area is 97.9 Å². The van der Waals surface area contributed by atoms with Gasteiger partial charge in [-0.2, -0.15) is 0 Å². The molecule has 5 heteroatoms. The van der Waals surface area contributed by atoms with Crippen LogP contribution in [0, 0.1) is 5.92 Å². The lowest BCUT2D eigenvalue weighted by Gasteiger charge is -2.26. The first-order valence-electron chi connectivity index (χ1n) is 5.55. The number of carbonyl (C=O) groups excluding carboxylic acids is 1. The smallest absolute Gasteiger partial charge is 0.241 e. The molecule has 0 radical (unpaired) electrons. The topological polar surface area (TPSA) is 64.8 Å². The minimum absolute atomic E-state index is 0.0763. The quantitative estimate of drug-likeness (QED) is 0.644. The number of hydrogen-bond acceptors (Lipinski definition) is 4. The maximum absolute atomic E-state index is 11.9. The largest absolute Gasteiger partial charge is 0.383 e. The van der Waals surface area contributed by atoms with Gasteiger partial charge in [0.2, 0.25) is 5.91 Å². The summed E-state index contributed by atoms with van der Waals surface area (Å²) in [5, 5.41) is 0. The average molecular weight is 232 g/mol. The zero-order valence-electron chi connectivity index (χ0n) is 10.7. The van der Waals surface area contributed by atoms with Crippen molar-refractivity contribution in [3.05, 3.63) is 0 Å². The summed E-state index contributed by atoms with van der Waals surface area (Å²) < 4.78 is 9.86. The zero-order chi connectivity index (χ0) is 12.6. The Kier molecular flexibility index (Phi) is 8.15. The molecule has 5 nitrogen and oxygen atoms in total. The third-order valence-corrected chi connectivity index (χ3v) is 2.13. The average Bonchev–Trinajstić information content (AvgIpc) is 2.23. The van der Waals surface area contributed by atoms with Crippen LogP contribution in [0.3, 0.4) is 0 Å². The highest BCUT2D eigenvalue weighted by molar-refractivity contribution is 5.81. The van der Waals surface area contributed by atoms with Crippen LogP contribution in [0.15, 0.2) is 0 Å². The lowest BCUT2D eigenvalue weighted by molar-refractivity contribution is -0.135. The van der Waals surface area contributed by atoms with Crippen LogP contribution in [0.5, 0.6) is 0 Å². The molecule has 0 spiro atoms. The predicted octanol–water partition coefficient (Wildman–Crippen LogP) is 0.0911. The SMILES string of the molecule is COCCN(CC(C)C)C(=O)C(N)COC. The van der Waals surface area contributed by atoms with Gasteiger partial charge in [0, 0.05) is 27.3 Å². The van der Waals surface area contributed by atoms with Crippen molar-refractivity contribution < 1.29 is 14.3 Å². The molecule has 1 amide bonds. The molecule has 0 aliphatic heterocycles. The van der Waals surface area contributed by atoms with E-state index in [1.807, 2.05) is 0 Å². The van der Waals surface area contributed by atoms with Crippen LogP contribution in [0.2, 0.25) is 0 Å². The van der Waals surface area contributed by atoms with E-state index in [1.54, 1.807) is 12.0 Å². The van der Waals surface area contributed by atoms with Gasteiger partial charge >= 0.3 is 0 Å². The van der Waals surface area contributed by atoms with Crippen LogP contribution in [0.1, 0.15) is 13.8 Å². The maximum atomic E-state index is 11.9. The summed E-state index contributed by atoms with van der Waals surface area (Å²) >= 11 is 0. The second-order valence-corrected chi connectivity index (χ2v) is 4.23. The Bertz CT molecular complexity index is 198. The molecule has 0 aliphatic carbocycles. The fourth-order valence-electron chi connectivity index (χ4n) is 1.42. The van der Waals surface area contributed by atoms with Crippen LogP contribution in [0.4, 0.5) is 0 Å². The van der Waals surface area contributed by atoms with Gasteiger partial charge in [0.05, 0.1) is 13.2 Å². The molecule has 0 rings (SSSR count). The molecule has 0 fully saturated rings. The van der Waals surface area contributed by atoms with Crippen LogP contribution in [-0.2, 0) is 14.3 Å². The molecule has 2 N–H and O–H groups in total. The predicted molar refractivity (Wildman–Crippen MR) is 63.1 cm³/mol. The van der Waals surface area contributed by atoms with Gasteiger partial charge in [0.1, 0.15) is 6.04 Å². The number of methoxy groups -OCH3 is 2. The summed E-state index contributed by atoms with van der Waals surface area (Å²) in [6.45, 7) is 6.17. The minimum Gasteiger partial charge on any atom is -0.383 e. The van der Waals surface area contributed by atoms with Gasteiger partial charge in [-0.1, -0.05) is 13.8 Å². The Balaban J connectivity index is 4.29. The van der Waals surface area contributed by atoms with Crippen molar-refractivity contribution in [2.24, 2.45) is 11.7 Å². The minimum atomic E-state index is -0.583. The first kappa shape index (κ1) is 15.3. The molecule has 0 saturated heterocycles. The highest BCUT2D eigenvalue weighted by atomic mass is 16.5. The van der Waals surface area contributed by atoms with E-state index in [0.29, 0.717) is 25.6 Å². The standard InChI is InChI=1S/C11H24N2O3/c1-9(2)7-13(5-6-15-3)11(14)10(12)8-16-4/h9-10H,5-8,12H2,1-4H3. The third-order valence-electron chi connectivity index (χ3n) is 2.13. The summed E-state index contributed by atoms with van der Waals surface area (Å²) in [5.74, 6) is 0.336. The number of amides is 1. The molecule has 1 unspecified atom stereocenters. The Morgan fingerprint density at radius 1 is 1.31 bits per heavy atom. The second-order valence-electron chi connectivity index (χ2n) is 4.23. The Morgan fingerprint density at radius 3 is 2.38 bits per heavy atom. The van der Waals surface area contributed by atoms with Gasteiger partial charge in [-0.05, 0) is 5.92 Å². The van der Waals surface area contributed by atoms with Gasteiger partial charge in [-0.3, -0.25) is 4.79 Å². The van der Waals surface area contributed by atoms with Gasteiger partial charge in [-0.15, -0.1) is 0 Å². The zero-order valence-corrected chi connectivity index (χ0v) is 10.7. The lowest BCUT2D eigenvalue weighted by atomic mass is 10.2. The Hall–Kier alpha value is -0.650. The molecule has 0 saturated carbocycles. The summed E-state index contributed by atoms with van der Waals surface area (Å²) in [5.41, 5.74) is 5.72. The molecule has 0 aromatic carbocycles. The van der Waals surface area contributed by atoms with Crippen LogP contribution >= 0.6 is 0 Å². The van der Waals surface area contributed by atoms with E-state index in [1.165, 1.54) is 7.11 Å². The summed E-state index contributed by atoms with van der Waals surface area (Å²) in [4.78, 5) is 13.7. The van der Waals surface area contributed by atoms with Crippen LogP contribution < -0.4 is 5.73 Å². The van der Waals surface area contributed by atoms with Crippen molar-refractivity contribution in [3.8, 4) is 0 Å². The van der Waals surface area contributed by atoms with Crippen molar-refractivity contribution in [1.82, 2.24) is 4.90 Å². The van der Waals surface area contributed by atoms with Crippen molar-refractivity contribution in [1.29, 1.82) is 0 Å². The van der Waals surface area contributed by atoms with Crippen molar-refractivity contribution in [2.45, 2.75) is 19.9 Å². The van der Waals surface area contributed by atoms with E-state index in [0.717, 1.165) is 0 Å². The normalized spacial score (nSPS) is 12.9. The summed E-state index contributed by atoms with van der Waals surface area (Å²) in [6.07, 6.45) is 0. The highest BCUT2D eigenvalue weighted by Gasteiger charge is 2.21. The molecule has 1 atom stereocenters. The summed E-state index contributed by atoms with van der Waals surface area (Å²) in [6, 6.07) is -0.583.